The number of likely N-dealkylation sites (N-methyl/N-ethyl adjacent to an activating group) is 1. The number of nitrogens with zero attached hydrogens (tertiary/aromatic N) is 4. The number of anilines is 1. The molecular weight excluding hydrogens is 216 g/mol. The predicted molar refractivity (Wildman–Crippen MR) is 67.1 cm³/mol. The number of rotatable bonds is 3. The Kier molecular flexibility index (Phi) is 4.28. The van der Waals surface area contributed by atoms with Crippen molar-refractivity contribution < 1.29 is 4.74 Å². The molecule has 1 aromatic rings. The lowest BCUT2D eigenvalue weighted by Gasteiger charge is -2.24. The van der Waals surface area contributed by atoms with E-state index in [9.17, 15) is 0 Å². The zero-order chi connectivity index (χ0) is 12.1. The maximum absolute atomic E-state index is 5.28. The van der Waals surface area contributed by atoms with Crippen molar-refractivity contribution in [2.45, 2.75) is 0 Å². The summed E-state index contributed by atoms with van der Waals surface area (Å²) < 4.78 is 5.28. The maximum atomic E-state index is 5.28. The largest absolute Gasteiger partial charge is 0.384 e. The summed E-state index contributed by atoms with van der Waals surface area (Å²) in [5, 5.41) is 0. The highest BCUT2D eigenvalue weighted by Crippen LogP contribution is 2.14. The molecule has 1 atom stereocenters. The molecule has 0 spiro atoms. The van der Waals surface area contributed by atoms with E-state index in [-0.39, 0.29) is 0 Å². The summed E-state index contributed by atoms with van der Waals surface area (Å²) in [7, 11) is 3.92. The van der Waals surface area contributed by atoms with Gasteiger partial charge in [0.25, 0.3) is 0 Å². The molecule has 0 saturated carbocycles. The van der Waals surface area contributed by atoms with E-state index >= 15 is 0 Å². The highest BCUT2D eigenvalue weighted by molar-refractivity contribution is 5.35. The first-order chi connectivity index (χ1) is 8.29. The second-order valence-corrected chi connectivity index (χ2v) is 4.59. The smallest absolute Gasteiger partial charge is 0.147 e. The Balaban J connectivity index is 2.07. The lowest BCUT2D eigenvalue weighted by molar-refractivity contribution is 0.139. The summed E-state index contributed by atoms with van der Waals surface area (Å²) in [5.41, 5.74) is 0. The van der Waals surface area contributed by atoms with Crippen LogP contribution in [0.1, 0.15) is 0 Å². The lowest BCUT2D eigenvalue weighted by Crippen LogP contribution is -2.32. The first kappa shape index (κ1) is 12.3. The topological polar surface area (TPSA) is 41.5 Å². The molecule has 2 heterocycles. The fraction of sp³-hybridized carbons (Fsp3) is 0.667. The SMILES string of the molecule is COC[C@H]1CN(C)CCN(c2cnccn2)C1. The Morgan fingerprint density at radius 3 is 2.94 bits per heavy atom. The number of methoxy groups -OCH3 is 1. The van der Waals surface area contributed by atoms with Gasteiger partial charge in [0, 0.05) is 51.6 Å². The highest BCUT2D eigenvalue weighted by Gasteiger charge is 2.21. The second kappa shape index (κ2) is 5.93. The van der Waals surface area contributed by atoms with Gasteiger partial charge < -0.3 is 14.5 Å². The normalized spacial score (nSPS) is 22.5. The molecule has 0 aliphatic carbocycles. The third-order valence-electron chi connectivity index (χ3n) is 3.08. The van der Waals surface area contributed by atoms with Crippen molar-refractivity contribution in [3.63, 3.8) is 0 Å². The zero-order valence-electron chi connectivity index (χ0n) is 10.5. The Hall–Kier alpha value is -1.20. The molecule has 1 aliphatic heterocycles. The molecule has 1 aliphatic rings. The van der Waals surface area contributed by atoms with Gasteiger partial charge in [-0.3, -0.25) is 4.98 Å². The molecule has 1 aromatic heterocycles. The van der Waals surface area contributed by atoms with E-state index in [2.05, 4.69) is 26.8 Å². The minimum Gasteiger partial charge on any atom is -0.384 e. The van der Waals surface area contributed by atoms with Crippen LogP contribution >= 0.6 is 0 Å². The molecule has 0 unspecified atom stereocenters. The third kappa shape index (κ3) is 3.38. The van der Waals surface area contributed by atoms with E-state index in [0.29, 0.717) is 5.92 Å². The number of ether oxygens (including phenoxy) is 1. The van der Waals surface area contributed by atoms with E-state index in [0.717, 1.165) is 38.6 Å². The van der Waals surface area contributed by atoms with E-state index in [4.69, 9.17) is 4.74 Å². The van der Waals surface area contributed by atoms with Gasteiger partial charge in [0.15, 0.2) is 0 Å². The first-order valence-electron chi connectivity index (χ1n) is 5.98. The zero-order valence-corrected chi connectivity index (χ0v) is 10.5. The average Bonchev–Trinajstić information content (AvgIpc) is 2.53. The van der Waals surface area contributed by atoms with Gasteiger partial charge in [0.2, 0.25) is 0 Å². The quantitative estimate of drug-likeness (QED) is 0.764. The van der Waals surface area contributed by atoms with Crippen molar-refractivity contribution in [2.24, 2.45) is 5.92 Å². The van der Waals surface area contributed by atoms with Crippen LogP contribution in [-0.2, 0) is 4.74 Å². The Morgan fingerprint density at radius 2 is 2.24 bits per heavy atom. The standard InChI is InChI=1S/C12H20N4O/c1-15-5-6-16(9-11(8-15)10-17-2)12-7-13-3-4-14-12/h3-4,7,11H,5-6,8-10H2,1-2H3/t11-/m0/s1. The molecule has 17 heavy (non-hydrogen) atoms. The Morgan fingerprint density at radius 1 is 1.35 bits per heavy atom. The van der Waals surface area contributed by atoms with Gasteiger partial charge >= 0.3 is 0 Å². The fourth-order valence-corrected chi connectivity index (χ4v) is 2.29. The fourth-order valence-electron chi connectivity index (χ4n) is 2.29. The molecule has 2 rings (SSSR count). The number of hydrogen-bond donors (Lipinski definition) is 0. The summed E-state index contributed by atoms with van der Waals surface area (Å²) in [6.45, 7) is 4.90. The van der Waals surface area contributed by atoms with Crippen LogP contribution in [0.2, 0.25) is 0 Å². The molecule has 0 radical (unpaired) electrons. The van der Waals surface area contributed by atoms with Gasteiger partial charge in [-0.2, -0.15) is 0 Å². The molecule has 94 valence electrons. The summed E-state index contributed by atoms with van der Waals surface area (Å²) in [4.78, 5) is 13.1. The van der Waals surface area contributed by atoms with E-state index in [1.807, 2.05) is 6.20 Å². The van der Waals surface area contributed by atoms with Crippen molar-refractivity contribution in [1.82, 2.24) is 14.9 Å². The predicted octanol–water partition coefficient (Wildman–Crippen LogP) is 0.491. The summed E-state index contributed by atoms with van der Waals surface area (Å²) in [6.07, 6.45) is 5.28. The number of hydrogen-bond acceptors (Lipinski definition) is 5. The first-order valence-corrected chi connectivity index (χ1v) is 5.98. The van der Waals surface area contributed by atoms with Gasteiger partial charge in [0.05, 0.1) is 12.8 Å². The van der Waals surface area contributed by atoms with Gasteiger partial charge in [-0.1, -0.05) is 0 Å². The van der Waals surface area contributed by atoms with Crippen LogP contribution in [0.15, 0.2) is 18.6 Å². The molecule has 1 saturated heterocycles. The van der Waals surface area contributed by atoms with Crippen molar-refractivity contribution in [2.75, 3.05) is 51.8 Å². The minimum atomic E-state index is 0.523. The van der Waals surface area contributed by atoms with Crippen LogP contribution in [0.3, 0.4) is 0 Å². The van der Waals surface area contributed by atoms with Gasteiger partial charge in [-0.05, 0) is 7.05 Å². The summed E-state index contributed by atoms with van der Waals surface area (Å²) in [6, 6.07) is 0. The molecule has 0 bridgehead atoms. The molecule has 5 heteroatoms. The summed E-state index contributed by atoms with van der Waals surface area (Å²) in [5.74, 6) is 1.48. The van der Waals surface area contributed by atoms with E-state index in [1.54, 1.807) is 19.5 Å². The monoisotopic (exact) mass is 236 g/mol. The highest BCUT2D eigenvalue weighted by atomic mass is 16.5. The van der Waals surface area contributed by atoms with E-state index < -0.39 is 0 Å². The van der Waals surface area contributed by atoms with Crippen LogP contribution in [0.25, 0.3) is 0 Å². The van der Waals surface area contributed by atoms with Crippen LogP contribution in [0, 0.1) is 5.92 Å². The van der Waals surface area contributed by atoms with Crippen LogP contribution in [0.5, 0.6) is 0 Å². The maximum Gasteiger partial charge on any atom is 0.147 e. The Bertz CT molecular complexity index is 333. The number of aromatic nitrogens is 2. The third-order valence-corrected chi connectivity index (χ3v) is 3.08. The molecule has 0 amide bonds. The minimum absolute atomic E-state index is 0.523. The van der Waals surface area contributed by atoms with Crippen LogP contribution in [0.4, 0.5) is 5.82 Å². The molecule has 5 nitrogen and oxygen atoms in total. The van der Waals surface area contributed by atoms with E-state index in [1.165, 1.54) is 0 Å². The molecule has 0 N–H and O–H groups in total. The average molecular weight is 236 g/mol. The van der Waals surface area contributed by atoms with Crippen molar-refractivity contribution >= 4 is 5.82 Å². The van der Waals surface area contributed by atoms with Gasteiger partial charge in [-0.25, -0.2) is 4.98 Å². The second-order valence-electron chi connectivity index (χ2n) is 4.59. The van der Waals surface area contributed by atoms with Crippen molar-refractivity contribution in [3.8, 4) is 0 Å². The van der Waals surface area contributed by atoms with Crippen LogP contribution < -0.4 is 4.90 Å². The summed E-state index contributed by atoms with van der Waals surface area (Å²) >= 11 is 0. The lowest BCUT2D eigenvalue weighted by atomic mass is 10.1. The van der Waals surface area contributed by atoms with Gasteiger partial charge in [-0.15, -0.1) is 0 Å². The van der Waals surface area contributed by atoms with Crippen LogP contribution in [-0.4, -0.2) is 61.8 Å². The molecule has 1 fully saturated rings. The Labute approximate surface area is 102 Å². The molecule has 0 aromatic carbocycles. The van der Waals surface area contributed by atoms with Crippen molar-refractivity contribution in [3.05, 3.63) is 18.6 Å². The van der Waals surface area contributed by atoms with Gasteiger partial charge in [0.1, 0.15) is 5.82 Å². The molecular formula is C12H20N4O. The van der Waals surface area contributed by atoms with Crippen molar-refractivity contribution in [1.29, 1.82) is 0 Å².